The standard InChI is InChI=1S/C23H24O4.C9H12O4.C7H7Br.CH2O3.2Cs.H/c1-17-14-20(26-15-18-10-6-4-7-11-18)22(24-2)23(25-3)21(17)27-16-19-12-8-5-9-13-19;1-5-4-6(10)8(12-2)9(13-3)7(5)11;8-6-7-4-2-1-3-5-7;2-1-4-3;;;/h4-14H,15-16H2,1-3H3;4,10-11H,1-3H3;1-5H,6H2;1,3H;;;/q;;;;2*+1;-1/p-1. The van der Waals surface area contributed by atoms with E-state index in [1.54, 1.807) is 21.1 Å². The van der Waals surface area contributed by atoms with Gasteiger partial charge in [0.2, 0.25) is 23.0 Å². The van der Waals surface area contributed by atoms with Crippen LogP contribution in [-0.4, -0.2) is 45.1 Å². The van der Waals surface area contributed by atoms with E-state index in [4.69, 9.17) is 38.5 Å². The maximum atomic E-state index is 9.52. The molecule has 2 N–H and O–H groups in total. The number of carbonyl (C=O) groups is 1. The Morgan fingerprint density at radius 3 is 1.43 bits per heavy atom. The number of benzene rings is 5. The number of carbonyl (C=O) groups excluding carboxylic acids is 1. The Morgan fingerprint density at radius 1 is 0.611 bits per heavy atom. The molecule has 280 valence electrons. The first kappa shape index (κ1) is 52.5. The number of methoxy groups -OCH3 is 4. The van der Waals surface area contributed by atoms with Gasteiger partial charge in [-0.25, -0.2) is 0 Å². The molecule has 0 unspecified atom stereocenters. The summed E-state index contributed by atoms with van der Waals surface area (Å²) in [6.07, 6.45) is 0. The Morgan fingerprint density at radius 2 is 1.04 bits per heavy atom. The van der Waals surface area contributed by atoms with Crippen molar-refractivity contribution in [3.63, 3.8) is 0 Å². The van der Waals surface area contributed by atoms with Crippen molar-refractivity contribution in [3.05, 3.63) is 131 Å². The van der Waals surface area contributed by atoms with Gasteiger partial charge in [0.05, 0.1) is 28.4 Å². The summed E-state index contributed by atoms with van der Waals surface area (Å²) >= 11 is 3.36. The van der Waals surface area contributed by atoms with Crippen molar-refractivity contribution in [2.75, 3.05) is 28.4 Å². The molecule has 0 amide bonds. The van der Waals surface area contributed by atoms with Gasteiger partial charge in [0.1, 0.15) is 13.2 Å². The summed E-state index contributed by atoms with van der Waals surface area (Å²) in [6.45, 7) is 4.35. The molecule has 0 heterocycles. The summed E-state index contributed by atoms with van der Waals surface area (Å²) in [5.41, 5.74) is 4.96. The molecule has 0 aromatic heterocycles. The molecule has 54 heavy (non-hydrogen) atoms. The van der Waals surface area contributed by atoms with Crippen molar-refractivity contribution in [1.29, 1.82) is 0 Å². The second-order valence-electron chi connectivity index (χ2n) is 10.6. The molecule has 0 spiro atoms. The van der Waals surface area contributed by atoms with E-state index in [0.29, 0.717) is 41.8 Å². The normalized spacial score (nSPS) is 9.26. The van der Waals surface area contributed by atoms with Gasteiger partial charge < -0.3 is 50.2 Å². The molecular formula is C40H45BrCs2O11. The average Bonchev–Trinajstić information content (AvgIpc) is 3.19. The van der Waals surface area contributed by atoms with Gasteiger partial charge in [0.25, 0.3) is 6.47 Å². The first-order valence-corrected chi connectivity index (χ1v) is 16.9. The molecule has 0 aliphatic heterocycles. The van der Waals surface area contributed by atoms with Crippen LogP contribution in [0.3, 0.4) is 0 Å². The Balaban J connectivity index is 0. The van der Waals surface area contributed by atoms with Crippen LogP contribution in [0.4, 0.5) is 0 Å². The Hall–Kier alpha value is -1.49. The third-order valence-corrected chi connectivity index (χ3v) is 7.69. The van der Waals surface area contributed by atoms with Crippen molar-refractivity contribution in [3.8, 4) is 46.0 Å². The number of aromatic hydroxyl groups is 2. The van der Waals surface area contributed by atoms with Gasteiger partial charge in [0, 0.05) is 5.33 Å². The zero-order chi connectivity index (χ0) is 38.3. The molecule has 14 heteroatoms. The molecule has 0 fully saturated rings. The van der Waals surface area contributed by atoms with Gasteiger partial charge in [-0.3, -0.25) is 4.79 Å². The first-order valence-electron chi connectivity index (χ1n) is 15.7. The van der Waals surface area contributed by atoms with Crippen LogP contribution in [0, 0.1) is 13.8 Å². The van der Waals surface area contributed by atoms with Gasteiger partial charge in [-0.05, 0) is 53.8 Å². The maximum absolute atomic E-state index is 9.52. The molecule has 0 saturated heterocycles. The average molecular weight is 1050 g/mol. The number of phenolic OH excluding ortho intramolecular Hbond substituents is 2. The second-order valence-corrected chi connectivity index (χ2v) is 11.1. The van der Waals surface area contributed by atoms with Crippen LogP contribution in [0.15, 0.2) is 103 Å². The van der Waals surface area contributed by atoms with Crippen LogP contribution in [0.25, 0.3) is 0 Å². The summed E-state index contributed by atoms with van der Waals surface area (Å²) < 4.78 is 33.0. The summed E-state index contributed by atoms with van der Waals surface area (Å²) in [7, 11) is 6.00. The molecule has 5 rings (SSSR count). The smallest absolute Gasteiger partial charge is 1.00 e. The minimum absolute atomic E-state index is 0. The van der Waals surface area contributed by atoms with E-state index < -0.39 is 0 Å². The predicted octanol–water partition coefficient (Wildman–Crippen LogP) is 1.73. The summed E-state index contributed by atoms with van der Waals surface area (Å²) in [5.74, 6) is 2.59. The van der Waals surface area contributed by atoms with E-state index in [0.717, 1.165) is 22.0 Å². The Kier molecular flexibility index (Phi) is 29.8. The van der Waals surface area contributed by atoms with Crippen LogP contribution < -0.4 is 171 Å². The molecule has 0 bridgehead atoms. The van der Waals surface area contributed by atoms with E-state index in [1.807, 2.05) is 91.9 Å². The van der Waals surface area contributed by atoms with Crippen LogP contribution in [0.5, 0.6) is 46.0 Å². The molecule has 5 aromatic rings. The molecule has 0 radical (unpaired) electrons. The van der Waals surface area contributed by atoms with Crippen LogP contribution in [-0.2, 0) is 28.2 Å². The van der Waals surface area contributed by atoms with Crippen LogP contribution in [0.1, 0.15) is 29.2 Å². The van der Waals surface area contributed by atoms with Crippen molar-refractivity contribution in [2.24, 2.45) is 0 Å². The SMILES string of the molecule is BrCc1ccccc1.COc1c(O)cc(C)c(O)c1OC.COc1c(OCc2ccccc2)cc(C)c(OCc2ccccc2)c1OC.O=CO[O-].[Cs+].[Cs+].[H-]. The fourth-order valence-corrected chi connectivity index (χ4v) is 4.92. The topological polar surface area (TPSA) is 145 Å². The largest absolute Gasteiger partial charge is 1.00 e. The number of phenols is 2. The minimum Gasteiger partial charge on any atom is -1.00 e. The van der Waals surface area contributed by atoms with Gasteiger partial charge in [0.15, 0.2) is 23.0 Å². The molecule has 5 aromatic carbocycles. The van der Waals surface area contributed by atoms with E-state index in [1.165, 1.54) is 25.8 Å². The van der Waals surface area contributed by atoms with Crippen LogP contribution >= 0.6 is 15.9 Å². The number of alkyl halides is 1. The van der Waals surface area contributed by atoms with E-state index >= 15 is 0 Å². The molecule has 0 aliphatic carbocycles. The molecule has 11 nitrogen and oxygen atoms in total. The quantitative estimate of drug-likeness (QED) is 0.0621. The summed E-state index contributed by atoms with van der Waals surface area (Å²) in [6, 6.07) is 33.6. The zero-order valence-electron chi connectivity index (χ0n) is 33.0. The Bertz CT molecular complexity index is 1770. The third-order valence-electron chi connectivity index (χ3n) is 7.04. The number of hydrogen-bond donors (Lipinski definition) is 2. The van der Waals surface area contributed by atoms with Crippen molar-refractivity contribution >= 4 is 22.4 Å². The number of ether oxygens (including phenoxy) is 6. The van der Waals surface area contributed by atoms with Crippen LogP contribution in [0.2, 0.25) is 0 Å². The molecular weight excluding hydrogens is 1000 g/mol. The van der Waals surface area contributed by atoms with E-state index in [9.17, 15) is 10.2 Å². The third kappa shape index (κ3) is 17.8. The van der Waals surface area contributed by atoms with Gasteiger partial charge in [-0.15, -0.1) is 0 Å². The maximum Gasteiger partial charge on any atom is 1.00 e. The number of hydrogen-bond acceptors (Lipinski definition) is 11. The first-order chi connectivity index (χ1) is 25.2. The summed E-state index contributed by atoms with van der Waals surface area (Å²) in [4.78, 5) is 11.2. The zero-order valence-corrected chi connectivity index (χ0v) is 46.1. The van der Waals surface area contributed by atoms with Gasteiger partial charge in [-0.1, -0.05) is 107 Å². The predicted molar refractivity (Wildman–Crippen MR) is 201 cm³/mol. The fourth-order valence-electron chi connectivity index (χ4n) is 4.55. The van der Waals surface area contributed by atoms with E-state index in [-0.39, 0.29) is 169 Å². The Labute approximate surface area is 445 Å². The van der Waals surface area contributed by atoms with Crippen molar-refractivity contribution < 1.29 is 193 Å². The molecule has 0 saturated carbocycles. The minimum atomic E-state index is -0.181. The van der Waals surface area contributed by atoms with Gasteiger partial charge >= 0.3 is 138 Å². The van der Waals surface area contributed by atoms with Crippen molar-refractivity contribution in [2.45, 2.75) is 32.4 Å². The van der Waals surface area contributed by atoms with Gasteiger partial charge in [-0.2, -0.15) is 0 Å². The molecule has 0 aliphatic rings. The number of rotatable bonds is 12. The molecule has 0 atom stereocenters. The number of aryl methyl sites for hydroxylation is 2. The summed E-state index contributed by atoms with van der Waals surface area (Å²) in [5, 5.41) is 28.3. The van der Waals surface area contributed by atoms with E-state index in [2.05, 4.69) is 33.0 Å². The fraction of sp³-hybridized carbons (Fsp3) is 0.225. The number of halogens is 1. The second kappa shape index (κ2) is 30.6. The van der Waals surface area contributed by atoms with Crippen molar-refractivity contribution in [1.82, 2.24) is 0 Å². The monoisotopic (exact) mass is 1050 g/mol.